The highest BCUT2D eigenvalue weighted by Gasteiger charge is 2.25. The fraction of sp³-hybridized carbons (Fsp3) is 0.474. The van der Waals surface area contributed by atoms with Crippen LogP contribution in [0.15, 0.2) is 24.3 Å². The molecule has 0 aliphatic heterocycles. The zero-order valence-corrected chi connectivity index (χ0v) is 14.3. The predicted molar refractivity (Wildman–Crippen MR) is 94.7 cm³/mol. The molecule has 6 nitrogen and oxygen atoms in total. The van der Waals surface area contributed by atoms with Crippen LogP contribution in [0.2, 0.25) is 0 Å². The van der Waals surface area contributed by atoms with Crippen LogP contribution in [-0.4, -0.2) is 55.6 Å². The topological polar surface area (TPSA) is 121 Å². The summed E-state index contributed by atoms with van der Waals surface area (Å²) in [5, 5.41) is 59.5. The van der Waals surface area contributed by atoms with E-state index in [1.165, 1.54) is 12.1 Å². The molecule has 0 saturated heterocycles. The lowest BCUT2D eigenvalue weighted by Crippen LogP contribution is -2.40. The molecule has 6 N–H and O–H groups in total. The molecule has 2 rings (SSSR count). The van der Waals surface area contributed by atoms with Gasteiger partial charge in [-0.2, -0.15) is 0 Å². The van der Waals surface area contributed by atoms with Gasteiger partial charge in [-0.3, -0.25) is 0 Å². The first-order valence-electron chi connectivity index (χ1n) is 8.50. The van der Waals surface area contributed by atoms with Crippen LogP contribution in [0.25, 0.3) is 10.8 Å². The Hall–Kier alpha value is -1.86. The third-order valence-electron chi connectivity index (χ3n) is 4.50. The Bertz CT molecular complexity index is 715. The molecule has 138 valence electrons. The average Bonchev–Trinajstić information content (AvgIpc) is 2.61. The summed E-state index contributed by atoms with van der Waals surface area (Å²) in [5.74, 6) is -0.467. The number of hydrogen-bond donors (Lipinski definition) is 6. The molecule has 0 saturated carbocycles. The van der Waals surface area contributed by atoms with Gasteiger partial charge in [0.25, 0.3) is 0 Å². The lowest BCUT2D eigenvalue weighted by atomic mass is 9.92. The van der Waals surface area contributed by atoms with Crippen LogP contribution in [0.5, 0.6) is 11.5 Å². The van der Waals surface area contributed by atoms with Gasteiger partial charge in [0.1, 0.15) is 12.2 Å². The number of aromatic hydroxyl groups is 2. The van der Waals surface area contributed by atoms with Gasteiger partial charge in [0, 0.05) is 6.42 Å². The van der Waals surface area contributed by atoms with E-state index in [0.717, 1.165) is 30.2 Å². The number of aliphatic hydroxyl groups excluding tert-OH is 4. The van der Waals surface area contributed by atoms with E-state index in [0.29, 0.717) is 10.9 Å². The maximum atomic E-state index is 10.1. The van der Waals surface area contributed by atoms with Crippen molar-refractivity contribution in [2.24, 2.45) is 0 Å². The number of unbranched alkanes of at least 4 members (excludes halogenated alkanes) is 1. The van der Waals surface area contributed by atoms with Crippen LogP contribution in [0.1, 0.15) is 30.9 Å². The minimum atomic E-state index is -1.48. The van der Waals surface area contributed by atoms with Crippen LogP contribution in [0.4, 0.5) is 0 Å². The molecule has 0 aliphatic carbocycles. The highest BCUT2D eigenvalue weighted by atomic mass is 16.4. The van der Waals surface area contributed by atoms with Crippen molar-refractivity contribution in [3.63, 3.8) is 0 Å². The molecule has 0 radical (unpaired) electrons. The summed E-state index contributed by atoms with van der Waals surface area (Å²) in [5.41, 5.74) is 1.70. The van der Waals surface area contributed by atoms with Gasteiger partial charge in [0.2, 0.25) is 0 Å². The minimum absolute atomic E-state index is 0.0347. The first-order chi connectivity index (χ1) is 11.9. The third-order valence-corrected chi connectivity index (χ3v) is 4.50. The maximum absolute atomic E-state index is 10.1. The van der Waals surface area contributed by atoms with Gasteiger partial charge >= 0.3 is 0 Å². The molecule has 0 aromatic heterocycles. The number of hydrogen-bond acceptors (Lipinski definition) is 6. The second kappa shape index (κ2) is 8.49. The molecule has 3 unspecified atom stereocenters. The Labute approximate surface area is 146 Å². The minimum Gasteiger partial charge on any atom is -0.504 e. The molecule has 0 spiro atoms. The number of phenolic OH excluding ortho intramolecular Hbond substituents is 2. The van der Waals surface area contributed by atoms with Crippen molar-refractivity contribution < 1.29 is 30.6 Å². The second-order valence-corrected chi connectivity index (χ2v) is 6.39. The van der Waals surface area contributed by atoms with E-state index in [2.05, 4.69) is 6.92 Å². The Morgan fingerprint density at radius 3 is 2.00 bits per heavy atom. The number of phenols is 2. The van der Waals surface area contributed by atoms with E-state index in [1.807, 2.05) is 12.1 Å². The van der Waals surface area contributed by atoms with Crippen molar-refractivity contribution in [1.29, 1.82) is 0 Å². The van der Waals surface area contributed by atoms with Crippen LogP contribution >= 0.6 is 0 Å². The molecule has 25 heavy (non-hydrogen) atoms. The standard InChI is InChI=1S/C19H26O6/c1-2-3-4-11-5-6-12(7-17(23)19(25)18(24)10-20)14-9-16(22)15(21)8-13(11)14/h5-6,8-9,17-25H,2-4,7,10H2,1H3. The van der Waals surface area contributed by atoms with Gasteiger partial charge in [-0.05, 0) is 46.9 Å². The van der Waals surface area contributed by atoms with Gasteiger partial charge in [-0.1, -0.05) is 25.5 Å². The molecule has 0 amide bonds. The van der Waals surface area contributed by atoms with Crippen LogP contribution in [0.3, 0.4) is 0 Å². The van der Waals surface area contributed by atoms with Gasteiger partial charge in [-0.15, -0.1) is 0 Å². The predicted octanol–water partition coefficient (Wildman–Crippen LogP) is 1.21. The fourth-order valence-corrected chi connectivity index (χ4v) is 2.96. The summed E-state index contributed by atoms with van der Waals surface area (Å²) in [6.45, 7) is 1.44. The van der Waals surface area contributed by atoms with Crippen molar-refractivity contribution >= 4 is 10.8 Å². The van der Waals surface area contributed by atoms with Crippen LogP contribution in [-0.2, 0) is 12.8 Å². The SMILES string of the molecule is CCCCc1ccc(CC(O)C(O)C(O)CO)c2cc(O)c(O)cc12. The summed E-state index contributed by atoms with van der Waals surface area (Å²) in [6.07, 6.45) is -1.31. The molecule has 0 fully saturated rings. The van der Waals surface area contributed by atoms with E-state index in [-0.39, 0.29) is 17.9 Å². The highest BCUT2D eigenvalue weighted by Crippen LogP contribution is 2.35. The summed E-state index contributed by atoms with van der Waals surface area (Å²) in [4.78, 5) is 0. The Morgan fingerprint density at radius 2 is 1.44 bits per heavy atom. The van der Waals surface area contributed by atoms with Crippen LogP contribution in [0, 0.1) is 0 Å². The zero-order valence-electron chi connectivity index (χ0n) is 14.3. The summed E-state index contributed by atoms with van der Waals surface area (Å²) in [6, 6.07) is 6.66. The van der Waals surface area contributed by atoms with Gasteiger partial charge < -0.3 is 30.6 Å². The average molecular weight is 350 g/mol. The van der Waals surface area contributed by atoms with E-state index in [9.17, 15) is 25.5 Å². The molecule has 6 heteroatoms. The summed E-state index contributed by atoms with van der Waals surface area (Å²) < 4.78 is 0. The normalized spacial score (nSPS) is 15.2. The van der Waals surface area contributed by atoms with E-state index in [1.54, 1.807) is 0 Å². The molecule has 3 atom stereocenters. The number of aliphatic hydroxyl groups is 4. The number of aryl methyl sites for hydroxylation is 1. The molecule has 0 bridgehead atoms. The lowest BCUT2D eigenvalue weighted by molar-refractivity contribution is -0.0754. The van der Waals surface area contributed by atoms with Crippen molar-refractivity contribution in [3.8, 4) is 11.5 Å². The zero-order chi connectivity index (χ0) is 18.6. The van der Waals surface area contributed by atoms with Gasteiger partial charge in [-0.25, -0.2) is 0 Å². The Kier molecular flexibility index (Phi) is 6.61. The first kappa shape index (κ1) is 19.5. The number of fused-ring (bicyclic) bond motifs is 1. The number of benzene rings is 2. The largest absolute Gasteiger partial charge is 0.504 e. The molecule has 0 heterocycles. The van der Waals surface area contributed by atoms with Gasteiger partial charge in [0.15, 0.2) is 11.5 Å². The van der Waals surface area contributed by atoms with Crippen LogP contribution < -0.4 is 0 Å². The molecule has 2 aromatic rings. The quantitative estimate of drug-likeness (QED) is 0.398. The second-order valence-electron chi connectivity index (χ2n) is 6.39. The van der Waals surface area contributed by atoms with E-state index < -0.39 is 24.9 Å². The van der Waals surface area contributed by atoms with E-state index >= 15 is 0 Å². The van der Waals surface area contributed by atoms with E-state index in [4.69, 9.17) is 5.11 Å². The smallest absolute Gasteiger partial charge is 0.158 e. The maximum Gasteiger partial charge on any atom is 0.158 e. The van der Waals surface area contributed by atoms with Gasteiger partial charge in [0.05, 0.1) is 12.7 Å². The highest BCUT2D eigenvalue weighted by molar-refractivity contribution is 5.91. The summed E-state index contributed by atoms with van der Waals surface area (Å²) in [7, 11) is 0. The third kappa shape index (κ3) is 4.41. The van der Waals surface area contributed by atoms with Crippen molar-refractivity contribution in [3.05, 3.63) is 35.4 Å². The Balaban J connectivity index is 2.42. The Morgan fingerprint density at radius 1 is 0.880 bits per heavy atom. The first-order valence-corrected chi connectivity index (χ1v) is 8.50. The summed E-state index contributed by atoms with van der Waals surface area (Å²) >= 11 is 0. The molecule has 2 aromatic carbocycles. The van der Waals surface area contributed by atoms with Crippen molar-refractivity contribution in [2.45, 2.75) is 50.9 Å². The van der Waals surface area contributed by atoms with Crippen molar-refractivity contribution in [1.82, 2.24) is 0 Å². The van der Waals surface area contributed by atoms with Crippen molar-refractivity contribution in [2.75, 3.05) is 6.61 Å². The monoisotopic (exact) mass is 350 g/mol. The lowest BCUT2D eigenvalue weighted by Gasteiger charge is -2.22. The molecule has 0 aliphatic rings. The fourth-order valence-electron chi connectivity index (χ4n) is 2.96. The molecular weight excluding hydrogens is 324 g/mol. The number of rotatable bonds is 8. The molecular formula is C19H26O6.